The van der Waals surface area contributed by atoms with Gasteiger partial charge < -0.3 is 0 Å². The summed E-state index contributed by atoms with van der Waals surface area (Å²) < 4.78 is 0. The van der Waals surface area contributed by atoms with Gasteiger partial charge in [-0.25, -0.2) is 39.1 Å². The van der Waals surface area contributed by atoms with E-state index in [2.05, 4.69) is 33.8 Å². The number of aliphatic imine (C=N–C) groups is 4. The predicted octanol–water partition coefficient (Wildman–Crippen LogP) is 4.73. The molecule has 35 heavy (non-hydrogen) atoms. The average Bonchev–Trinajstić information content (AvgIpc) is 2.86. The standard InChI is InChI=1S/C27H38N4O4/c1-19-11-22(3-5-24(19)30-17-34)26(23-4-6-25(31-18-35)20(2)12-23)27(14-29-16-33)9-7-21(8-10-27)13-28-15-32/h19-26H,3-14H2,1-2H3. The first-order valence-corrected chi connectivity index (χ1v) is 13.2. The molecule has 3 rings (SSSR count). The summed E-state index contributed by atoms with van der Waals surface area (Å²) in [5, 5.41) is 0. The number of hydrogen-bond acceptors (Lipinski definition) is 8. The Bertz CT molecular complexity index is 862. The lowest BCUT2D eigenvalue weighted by atomic mass is 9.52. The quantitative estimate of drug-likeness (QED) is 0.348. The molecule has 0 amide bonds. The molecule has 0 heterocycles. The van der Waals surface area contributed by atoms with Gasteiger partial charge >= 0.3 is 0 Å². The van der Waals surface area contributed by atoms with Gasteiger partial charge in [0.15, 0.2) is 0 Å². The Balaban J connectivity index is 1.92. The molecule has 0 aromatic rings. The molecule has 6 unspecified atom stereocenters. The van der Waals surface area contributed by atoms with Crippen LogP contribution in [0, 0.1) is 40.9 Å². The van der Waals surface area contributed by atoms with Crippen LogP contribution in [0.2, 0.25) is 0 Å². The lowest BCUT2D eigenvalue weighted by molar-refractivity contribution is -0.0321. The van der Waals surface area contributed by atoms with Crippen molar-refractivity contribution in [3.05, 3.63) is 0 Å². The average molecular weight is 483 g/mol. The van der Waals surface area contributed by atoms with Gasteiger partial charge in [-0.1, -0.05) is 13.8 Å². The minimum Gasteiger partial charge on any atom is -0.211 e. The third kappa shape index (κ3) is 6.60. The smallest absolute Gasteiger partial charge is 0.211 e. The molecule has 8 nitrogen and oxygen atoms in total. The molecule has 3 aliphatic carbocycles. The maximum Gasteiger partial charge on any atom is 0.235 e. The van der Waals surface area contributed by atoms with Crippen LogP contribution in [0.3, 0.4) is 0 Å². The minimum absolute atomic E-state index is 0.0295. The SMILES string of the molecule is CC1CC(C(C2CCC(N=C=O)C(C)C2)C2(CN=C=O)CCC(CN=C=O)CC2)CCC1N=C=O. The summed E-state index contributed by atoms with van der Waals surface area (Å²) in [5.41, 5.74) is -0.102. The molecular formula is C27H38N4O4. The molecule has 0 radical (unpaired) electrons. The normalized spacial score (nSPS) is 37.9. The van der Waals surface area contributed by atoms with Crippen LogP contribution in [-0.4, -0.2) is 49.5 Å². The van der Waals surface area contributed by atoms with Crippen molar-refractivity contribution in [2.45, 2.75) is 90.1 Å². The summed E-state index contributed by atoms with van der Waals surface area (Å²) in [5.74, 6) is 2.25. The van der Waals surface area contributed by atoms with Crippen LogP contribution in [-0.2, 0) is 19.2 Å². The zero-order valence-electron chi connectivity index (χ0n) is 21.0. The van der Waals surface area contributed by atoms with Crippen LogP contribution in [0.1, 0.15) is 78.1 Å². The van der Waals surface area contributed by atoms with Crippen molar-refractivity contribution < 1.29 is 19.2 Å². The Morgan fingerprint density at radius 3 is 1.66 bits per heavy atom. The van der Waals surface area contributed by atoms with Gasteiger partial charge in [-0.15, -0.1) is 0 Å². The van der Waals surface area contributed by atoms with Crippen molar-refractivity contribution in [2.75, 3.05) is 13.1 Å². The second-order valence-corrected chi connectivity index (χ2v) is 11.3. The topological polar surface area (TPSA) is 118 Å². The third-order valence-electron chi connectivity index (χ3n) is 9.46. The van der Waals surface area contributed by atoms with Crippen LogP contribution in [0.15, 0.2) is 20.0 Å². The Morgan fingerprint density at radius 2 is 1.23 bits per heavy atom. The highest BCUT2D eigenvalue weighted by Gasteiger charge is 2.50. The summed E-state index contributed by atoms with van der Waals surface area (Å²) in [6, 6.07) is 0.0590. The predicted molar refractivity (Wildman–Crippen MR) is 131 cm³/mol. The summed E-state index contributed by atoms with van der Waals surface area (Å²) >= 11 is 0. The second kappa shape index (κ2) is 13.0. The van der Waals surface area contributed by atoms with Gasteiger partial charge in [0.25, 0.3) is 0 Å². The zero-order valence-corrected chi connectivity index (χ0v) is 21.0. The van der Waals surface area contributed by atoms with Gasteiger partial charge in [-0.3, -0.25) is 0 Å². The van der Waals surface area contributed by atoms with E-state index in [0.29, 0.717) is 48.6 Å². The molecule has 8 heteroatoms. The molecule has 3 saturated carbocycles. The van der Waals surface area contributed by atoms with E-state index in [1.807, 2.05) is 0 Å². The third-order valence-corrected chi connectivity index (χ3v) is 9.46. The Labute approximate surface area is 207 Å². The van der Waals surface area contributed by atoms with Gasteiger partial charge in [0.1, 0.15) is 0 Å². The molecule has 6 atom stereocenters. The van der Waals surface area contributed by atoms with E-state index in [4.69, 9.17) is 0 Å². The Hall–Kier alpha value is -2.48. The fourth-order valence-electron chi connectivity index (χ4n) is 7.79. The lowest BCUT2D eigenvalue weighted by Gasteiger charge is -2.54. The number of nitrogens with zero attached hydrogens (tertiary/aromatic N) is 4. The number of isocyanates is 4. The van der Waals surface area contributed by atoms with Crippen molar-refractivity contribution in [3.63, 3.8) is 0 Å². The first kappa shape index (κ1) is 27.1. The van der Waals surface area contributed by atoms with Crippen molar-refractivity contribution in [3.8, 4) is 0 Å². The van der Waals surface area contributed by atoms with Crippen LogP contribution in [0.5, 0.6) is 0 Å². The van der Waals surface area contributed by atoms with E-state index < -0.39 is 0 Å². The molecule has 190 valence electrons. The van der Waals surface area contributed by atoms with E-state index in [1.165, 1.54) is 0 Å². The van der Waals surface area contributed by atoms with Crippen LogP contribution >= 0.6 is 0 Å². The van der Waals surface area contributed by atoms with E-state index >= 15 is 0 Å². The Kier molecular flexibility index (Phi) is 10.1. The van der Waals surface area contributed by atoms with E-state index in [1.54, 1.807) is 24.3 Å². The molecule has 3 fully saturated rings. The highest BCUT2D eigenvalue weighted by atomic mass is 16.1. The summed E-state index contributed by atoms with van der Waals surface area (Å²) in [4.78, 5) is 59.8. The van der Waals surface area contributed by atoms with Crippen molar-refractivity contribution in [2.24, 2.45) is 60.9 Å². The molecule has 0 N–H and O–H groups in total. The molecule has 3 aliphatic rings. The van der Waals surface area contributed by atoms with Crippen molar-refractivity contribution in [1.29, 1.82) is 0 Å². The van der Waals surface area contributed by atoms with Gasteiger partial charge in [-0.05, 0) is 105 Å². The van der Waals surface area contributed by atoms with Crippen LogP contribution in [0.25, 0.3) is 0 Å². The van der Waals surface area contributed by atoms with Crippen molar-refractivity contribution >= 4 is 24.3 Å². The highest BCUT2D eigenvalue weighted by Crippen LogP contribution is 2.56. The van der Waals surface area contributed by atoms with Gasteiger partial charge in [-0.2, -0.15) is 0 Å². The van der Waals surface area contributed by atoms with Gasteiger partial charge in [0, 0.05) is 0 Å². The monoisotopic (exact) mass is 482 g/mol. The first-order valence-electron chi connectivity index (χ1n) is 13.2. The minimum atomic E-state index is -0.102. The fourth-order valence-corrected chi connectivity index (χ4v) is 7.79. The lowest BCUT2D eigenvalue weighted by Crippen LogP contribution is -2.48. The summed E-state index contributed by atoms with van der Waals surface area (Å²) in [6.07, 6.45) is 16.5. The highest BCUT2D eigenvalue weighted by molar-refractivity contribution is 5.34. The largest absolute Gasteiger partial charge is 0.235 e. The molecule has 0 saturated heterocycles. The van der Waals surface area contributed by atoms with Crippen LogP contribution in [0.4, 0.5) is 0 Å². The molecule has 0 aliphatic heterocycles. The van der Waals surface area contributed by atoms with E-state index in [-0.39, 0.29) is 17.5 Å². The zero-order chi connectivity index (χ0) is 25.3. The molecule has 0 aromatic carbocycles. The maximum atomic E-state index is 11.3. The molecule has 0 bridgehead atoms. The number of hydrogen-bond donors (Lipinski definition) is 0. The molecular weight excluding hydrogens is 444 g/mol. The van der Waals surface area contributed by atoms with Gasteiger partial charge in [0.05, 0.1) is 25.2 Å². The summed E-state index contributed by atoms with van der Waals surface area (Å²) in [6.45, 7) is 5.35. The fraction of sp³-hybridized carbons (Fsp3) is 0.852. The Morgan fingerprint density at radius 1 is 0.714 bits per heavy atom. The van der Waals surface area contributed by atoms with Crippen molar-refractivity contribution in [1.82, 2.24) is 0 Å². The van der Waals surface area contributed by atoms with Crippen LogP contribution < -0.4 is 0 Å². The first-order chi connectivity index (χ1) is 17.0. The maximum absolute atomic E-state index is 11.3. The van der Waals surface area contributed by atoms with E-state index in [9.17, 15) is 19.2 Å². The second-order valence-electron chi connectivity index (χ2n) is 11.3. The summed E-state index contributed by atoms with van der Waals surface area (Å²) in [7, 11) is 0. The molecule has 0 spiro atoms. The van der Waals surface area contributed by atoms with E-state index in [0.717, 1.165) is 64.2 Å². The number of rotatable bonds is 9. The van der Waals surface area contributed by atoms with Gasteiger partial charge in [0.2, 0.25) is 24.3 Å². The number of carbonyl (C=O) groups excluding carboxylic acids is 4. The molecule has 0 aromatic heterocycles.